The van der Waals surface area contributed by atoms with Crippen LogP contribution >= 0.6 is 22.9 Å². The Kier molecular flexibility index (Phi) is 6.80. The number of anilines is 2. The number of thiophene rings is 1. The fourth-order valence-corrected chi connectivity index (χ4v) is 4.70. The Morgan fingerprint density at radius 2 is 2.04 bits per heavy atom. The molecule has 0 saturated carbocycles. The molecule has 3 rings (SSSR count). The number of aryl methyl sites for hydroxylation is 1. The average molecular weight is 423 g/mol. The number of methoxy groups -OCH3 is 1. The summed E-state index contributed by atoms with van der Waals surface area (Å²) < 4.78 is 10.5. The van der Waals surface area contributed by atoms with E-state index in [1.807, 2.05) is 0 Å². The maximum Gasteiger partial charge on any atom is 0.341 e. The van der Waals surface area contributed by atoms with E-state index in [2.05, 4.69) is 10.6 Å². The molecule has 1 aromatic carbocycles. The van der Waals surface area contributed by atoms with E-state index in [-0.39, 0.29) is 18.4 Å². The molecule has 0 spiro atoms. The van der Waals surface area contributed by atoms with E-state index >= 15 is 0 Å². The second-order valence-electron chi connectivity index (χ2n) is 6.38. The number of esters is 1. The molecule has 0 bridgehead atoms. The van der Waals surface area contributed by atoms with E-state index < -0.39 is 0 Å². The first-order valence-electron chi connectivity index (χ1n) is 9.22. The van der Waals surface area contributed by atoms with Crippen molar-refractivity contribution < 1.29 is 19.1 Å². The minimum Gasteiger partial charge on any atom is -0.495 e. The SMILES string of the molecule is CCOC(=O)c1c(NC(=O)CNc2cc(Cl)ccc2OC)sc2c1CCCC2. The summed E-state index contributed by atoms with van der Waals surface area (Å²) in [5.41, 5.74) is 2.16. The van der Waals surface area contributed by atoms with Gasteiger partial charge in [-0.1, -0.05) is 11.6 Å². The molecule has 2 N–H and O–H groups in total. The molecule has 1 aromatic heterocycles. The van der Waals surface area contributed by atoms with Crippen molar-refractivity contribution >= 4 is 45.5 Å². The van der Waals surface area contributed by atoms with Gasteiger partial charge in [-0.3, -0.25) is 4.79 Å². The molecule has 6 nitrogen and oxygen atoms in total. The van der Waals surface area contributed by atoms with E-state index in [4.69, 9.17) is 21.1 Å². The molecule has 1 amide bonds. The first kappa shape index (κ1) is 20.5. The third-order valence-electron chi connectivity index (χ3n) is 4.50. The monoisotopic (exact) mass is 422 g/mol. The number of carbonyl (C=O) groups is 2. The molecule has 0 saturated heterocycles. The zero-order valence-corrected chi connectivity index (χ0v) is 17.5. The highest BCUT2D eigenvalue weighted by molar-refractivity contribution is 7.17. The number of nitrogens with one attached hydrogen (secondary N) is 2. The molecule has 0 radical (unpaired) electrons. The van der Waals surface area contributed by atoms with Gasteiger partial charge < -0.3 is 20.1 Å². The van der Waals surface area contributed by atoms with Crippen LogP contribution in [0.5, 0.6) is 5.75 Å². The largest absolute Gasteiger partial charge is 0.495 e. The summed E-state index contributed by atoms with van der Waals surface area (Å²) in [6.45, 7) is 2.09. The van der Waals surface area contributed by atoms with Gasteiger partial charge in [0, 0.05) is 9.90 Å². The van der Waals surface area contributed by atoms with Crippen LogP contribution in [-0.4, -0.2) is 32.1 Å². The molecule has 28 heavy (non-hydrogen) atoms. The van der Waals surface area contributed by atoms with Gasteiger partial charge in [0.05, 0.1) is 31.5 Å². The van der Waals surface area contributed by atoms with E-state index in [1.165, 1.54) is 11.3 Å². The number of halogens is 1. The third kappa shape index (κ3) is 4.59. The van der Waals surface area contributed by atoms with Crippen molar-refractivity contribution in [3.05, 3.63) is 39.2 Å². The number of amides is 1. The second kappa shape index (κ2) is 9.30. The van der Waals surface area contributed by atoms with Crippen LogP contribution in [0, 0.1) is 0 Å². The summed E-state index contributed by atoms with van der Waals surface area (Å²) in [7, 11) is 1.55. The highest BCUT2D eigenvalue weighted by Gasteiger charge is 2.27. The van der Waals surface area contributed by atoms with Crippen molar-refractivity contribution in [2.45, 2.75) is 32.6 Å². The Morgan fingerprint density at radius 3 is 2.79 bits per heavy atom. The Hall–Kier alpha value is -2.25. The Bertz CT molecular complexity index is 881. The van der Waals surface area contributed by atoms with Crippen molar-refractivity contribution in [3.8, 4) is 5.75 Å². The Morgan fingerprint density at radius 1 is 1.25 bits per heavy atom. The van der Waals surface area contributed by atoms with Crippen LogP contribution in [0.1, 0.15) is 40.6 Å². The predicted octanol–water partition coefficient (Wildman–Crippen LogP) is 4.52. The lowest BCUT2D eigenvalue weighted by molar-refractivity contribution is -0.114. The zero-order chi connectivity index (χ0) is 20.1. The summed E-state index contributed by atoms with van der Waals surface area (Å²) in [5.74, 6) is -0.0381. The molecular formula is C20H23ClN2O4S. The van der Waals surface area contributed by atoms with E-state index in [0.717, 1.165) is 36.1 Å². The van der Waals surface area contributed by atoms with Crippen LogP contribution in [0.2, 0.25) is 5.02 Å². The third-order valence-corrected chi connectivity index (χ3v) is 5.95. The normalized spacial score (nSPS) is 12.8. The predicted molar refractivity (Wildman–Crippen MR) is 112 cm³/mol. The average Bonchev–Trinajstić information content (AvgIpc) is 3.04. The van der Waals surface area contributed by atoms with Gasteiger partial charge in [0.25, 0.3) is 0 Å². The highest BCUT2D eigenvalue weighted by atomic mass is 35.5. The van der Waals surface area contributed by atoms with Crippen LogP contribution in [0.3, 0.4) is 0 Å². The van der Waals surface area contributed by atoms with E-state index in [9.17, 15) is 9.59 Å². The van der Waals surface area contributed by atoms with Crippen molar-refractivity contribution in [2.24, 2.45) is 0 Å². The van der Waals surface area contributed by atoms with E-state index in [0.29, 0.717) is 33.6 Å². The maximum atomic E-state index is 12.5. The molecule has 0 unspecified atom stereocenters. The molecule has 1 aliphatic rings. The van der Waals surface area contributed by atoms with Gasteiger partial charge in [0.15, 0.2) is 0 Å². The first-order chi connectivity index (χ1) is 13.5. The molecule has 0 aliphatic heterocycles. The smallest absolute Gasteiger partial charge is 0.341 e. The molecular weight excluding hydrogens is 400 g/mol. The quantitative estimate of drug-likeness (QED) is 0.641. The number of hydrogen-bond acceptors (Lipinski definition) is 6. The summed E-state index contributed by atoms with van der Waals surface area (Å²) >= 11 is 7.49. The van der Waals surface area contributed by atoms with Crippen molar-refractivity contribution in [1.82, 2.24) is 0 Å². The van der Waals surface area contributed by atoms with Gasteiger partial charge >= 0.3 is 5.97 Å². The maximum absolute atomic E-state index is 12.5. The summed E-state index contributed by atoms with van der Waals surface area (Å²) in [6.07, 6.45) is 3.91. The van der Waals surface area contributed by atoms with Crippen LogP contribution < -0.4 is 15.4 Å². The molecule has 0 atom stereocenters. The van der Waals surface area contributed by atoms with Gasteiger partial charge in [0.1, 0.15) is 10.8 Å². The van der Waals surface area contributed by atoms with Crippen molar-refractivity contribution in [1.29, 1.82) is 0 Å². The minimum atomic E-state index is -0.373. The number of carbonyl (C=O) groups excluding carboxylic acids is 2. The minimum absolute atomic E-state index is 0.0154. The van der Waals surface area contributed by atoms with Crippen LogP contribution in [0.4, 0.5) is 10.7 Å². The number of rotatable bonds is 7. The van der Waals surface area contributed by atoms with Crippen LogP contribution in [0.15, 0.2) is 18.2 Å². The lowest BCUT2D eigenvalue weighted by Crippen LogP contribution is -2.23. The van der Waals surface area contributed by atoms with Crippen LogP contribution in [-0.2, 0) is 22.4 Å². The molecule has 1 heterocycles. The zero-order valence-electron chi connectivity index (χ0n) is 15.9. The van der Waals surface area contributed by atoms with Gasteiger partial charge in [0.2, 0.25) is 5.91 Å². The number of hydrogen-bond donors (Lipinski definition) is 2. The summed E-state index contributed by atoms with van der Waals surface area (Å²) in [5, 5.41) is 7.01. The standard InChI is InChI=1S/C20H23ClN2O4S/c1-3-27-20(25)18-13-6-4-5-7-16(13)28-19(18)23-17(24)11-22-14-10-12(21)8-9-15(14)26-2/h8-10,22H,3-7,11H2,1-2H3,(H,23,24). The molecule has 1 aliphatic carbocycles. The van der Waals surface area contributed by atoms with Gasteiger partial charge in [-0.05, 0) is 56.4 Å². The molecule has 0 fully saturated rings. The fourth-order valence-electron chi connectivity index (χ4n) is 3.24. The van der Waals surface area contributed by atoms with Gasteiger partial charge in [-0.25, -0.2) is 4.79 Å². The molecule has 2 aromatic rings. The highest BCUT2D eigenvalue weighted by Crippen LogP contribution is 2.38. The fraction of sp³-hybridized carbons (Fsp3) is 0.400. The van der Waals surface area contributed by atoms with Crippen molar-refractivity contribution in [2.75, 3.05) is 30.9 Å². The number of fused-ring (bicyclic) bond motifs is 1. The Balaban J connectivity index is 1.74. The lowest BCUT2D eigenvalue weighted by atomic mass is 9.95. The van der Waals surface area contributed by atoms with E-state index in [1.54, 1.807) is 32.2 Å². The van der Waals surface area contributed by atoms with Crippen molar-refractivity contribution in [3.63, 3.8) is 0 Å². The number of benzene rings is 1. The van der Waals surface area contributed by atoms with Crippen LogP contribution in [0.25, 0.3) is 0 Å². The molecule has 150 valence electrons. The molecule has 8 heteroatoms. The topological polar surface area (TPSA) is 76.7 Å². The first-order valence-corrected chi connectivity index (χ1v) is 10.4. The van der Waals surface area contributed by atoms with Gasteiger partial charge in [-0.15, -0.1) is 11.3 Å². The van der Waals surface area contributed by atoms with Gasteiger partial charge in [-0.2, -0.15) is 0 Å². The summed E-state index contributed by atoms with van der Waals surface area (Å²) in [6, 6.07) is 5.14. The Labute approximate surface area is 173 Å². The number of ether oxygens (including phenoxy) is 2. The summed E-state index contributed by atoms with van der Waals surface area (Å²) in [4.78, 5) is 26.2. The lowest BCUT2D eigenvalue weighted by Gasteiger charge is -2.13. The second-order valence-corrected chi connectivity index (χ2v) is 7.92.